The number of hydrogen-bond donors (Lipinski definition) is 1. The van der Waals surface area contributed by atoms with Gasteiger partial charge in [-0.05, 0) is 18.6 Å². The number of rotatable bonds is 4. The lowest BCUT2D eigenvalue weighted by atomic mass is 10.4. The average Bonchev–Trinajstić information content (AvgIpc) is 2.15. The van der Waals surface area contributed by atoms with Gasteiger partial charge >= 0.3 is 0 Å². The molecule has 0 aliphatic heterocycles. The maximum Gasteiger partial charge on any atom is 0.146 e. The molecule has 1 aromatic heterocycles. The Labute approximate surface area is 81.2 Å². The minimum Gasteiger partial charge on any atom is -0.382 e. The first kappa shape index (κ1) is 9.81. The van der Waals surface area contributed by atoms with Crippen LogP contribution in [0.2, 0.25) is 0 Å². The van der Waals surface area contributed by atoms with Crippen LogP contribution in [0, 0.1) is 11.3 Å². The molecule has 0 aromatic carbocycles. The Morgan fingerprint density at radius 1 is 1.46 bits per heavy atom. The maximum atomic E-state index is 8.30. The molecule has 1 rings (SSSR count). The normalized spacial score (nSPS) is 9.46. The van der Waals surface area contributed by atoms with Gasteiger partial charge in [-0.3, -0.25) is 0 Å². The van der Waals surface area contributed by atoms with Gasteiger partial charge in [0.2, 0.25) is 0 Å². The standard InChI is InChI=1S/C8H10N4S/c9-5-1-2-6-13-8-4-3-7(10)11-12-8/h3-4H,1-2,6H2,(H2,10,11). The number of nitriles is 1. The number of unbranched alkanes of at least 4 members (excludes halogenated alkanes) is 1. The maximum absolute atomic E-state index is 8.30. The van der Waals surface area contributed by atoms with E-state index < -0.39 is 0 Å². The molecule has 0 bridgehead atoms. The highest BCUT2D eigenvalue weighted by Gasteiger charge is 1.95. The van der Waals surface area contributed by atoms with Crippen molar-refractivity contribution in [2.75, 3.05) is 11.5 Å². The summed E-state index contributed by atoms with van der Waals surface area (Å²) in [6.07, 6.45) is 1.47. The molecule has 0 fully saturated rings. The second kappa shape index (κ2) is 5.38. The quantitative estimate of drug-likeness (QED) is 0.580. The molecule has 4 nitrogen and oxygen atoms in total. The average molecular weight is 194 g/mol. The molecular formula is C8H10N4S. The summed E-state index contributed by atoms with van der Waals surface area (Å²) in [6, 6.07) is 5.65. The van der Waals surface area contributed by atoms with E-state index in [1.54, 1.807) is 17.8 Å². The van der Waals surface area contributed by atoms with Crippen LogP contribution in [0.3, 0.4) is 0 Å². The van der Waals surface area contributed by atoms with Crippen LogP contribution in [0.25, 0.3) is 0 Å². The van der Waals surface area contributed by atoms with Crippen molar-refractivity contribution < 1.29 is 0 Å². The second-order valence-electron chi connectivity index (χ2n) is 2.41. The van der Waals surface area contributed by atoms with Gasteiger partial charge in [0.1, 0.15) is 10.8 Å². The van der Waals surface area contributed by atoms with Crippen LogP contribution in [0.4, 0.5) is 5.82 Å². The molecule has 0 saturated carbocycles. The van der Waals surface area contributed by atoms with Gasteiger partial charge in [0, 0.05) is 12.2 Å². The van der Waals surface area contributed by atoms with Gasteiger partial charge in [-0.25, -0.2) is 0 Å². The smallest absolute Gasteiger partial charge is 0.146 e. The lowest BCUT2D eigenvalue weighted by molar-refractivity contribution is 0.929. The van der Waals surface area contributed by atoms with Crippen LogP contribution in [-0.4, -0.2) is 16.0 Å². The summed E-state index contributed by atoms with van der Waals surface area (Å²) in [7, 11) is 0. The molecule has 0 saturated heterocycles. The van der Waals surface area contributed by atoms with Crippen LogP contribution in [0.15, 0.2) is 17.2 Å². The summed E-state index contributed by atoms with van der Waals surface area (Å²) in [4.78, 5) is 0. The van der Waals surface area contributed by atoms with E-state index in [1.165, 1.54) is 0 Å². The number of nitrogen functional groups attached to an aromatic ring is 1. The topological polar surface area (TPSA) is 75.6 Å². The van der Waals surface area contributed by atoms with Gasteiger partial charge in [-0.1, -0.05) is 0 Å². The van der Waals surface area contributed by atoms with E-state index in [2.05, 4.69) is 16.3 Å². The van der Waals surface area contributed by atoms with Gasteiger partial charge in [0.25, 0.3) is 0 Å². The molecule has 2 N–H and O–H groups in total. The third-order valence-electron chi connectivity index (χ3n) is 1.34. The van der Waals surface area contributed by atoms with Crippen LogP contribution < -0.4 is 5.73 Å². The van der Waals surface area contributed by atoms with Crippen molar-refractivity contribution in [3.63, 3.8) is 0 Å². The van der Waals surface area contributed by atoms with Crippen molar-refractivity contribution >= 4 is 17.6 Å². The van der Waals surface area contributed by atoms with Crippen LogP contribution in [0.1, 0.15) is 12.8 Å². The predicted octanol–water partition coefficient (Wildman–Crippen LogP) is 1.45. The fourth-order valence-corrected chi connectivity index (χ4v) is 1.50. The molecule has 0 spiro atoms. The van der Waals surface area contributed by atoms with Crippen LogP contribution >= 0.6 is 11.8 Å². The molecule has 0 amide bonds. The zero-order valence-electron chi connectivity index (χ0n) is 7.10. The highest BCUT2D eigenvalue weighted by Crippen LogP contribution is 2.15. The van der Waals surface area contributed by atoms with Crippen molar-refractivity contribution in [3.05, 3.63) is 12.1 Å². The van der Waals surface area contributed by atoms with Crippen molar-refractivity contribution in [1.82, 2.24) is 10.2 Å². The first-order valence-electron chi connectivity index (χ1n) is 3.92. The Kier molecular flexibility index (Phi) is 4.06. The molecule has 1 aromatic rings. The van der Waals surface area contributed by atoms with Gasteiger partial charge in [0.05, 0.1) is 6.07 Å². The van der Waals surface area contributed by atoms with Crippen molar-refractivity contribution in [1.29, 1.82) is 5.26 Å². The third kappa shape index (κ3) is 3.76. The molecule has 13 heavy (non-hydrogen) atoms. The molecule has 0 atom stereocenters. The molecule has 0 unspecified atom stereocenters. The van der Waals surface area contributed by atoms with E-state index in [1.807, 2.05) is 6.07 Å². The lowest BCUT2D eigenvalue weighted by Gasteiger charge is -1.97. The molecule has 5 heteroatoms. The van der Waals surface area contributed by atoms with Crippen LogP contribution in [-0.2, 0) is 0 Å². The van der Waals surface area contributed by atoms with E-state index in [9.17, 15) is 0 Å². The van der Waals surface area contributed by atoms with E-state index in [-0.39, 0.29) is 0 Å². The Hall–Kier alpha value is -1.28. The molecule has 0 aliphatic carbocycles. The van der Waals surface area contributed by atoms with Crippen molar-refractivity contribution in [3.8, 4) is 6.07 Å². The summed E-state index contributed by atoms with van der Waals surface area (Å²) in [5.74, 6) is 1.33. The zero-order valence-corrected chi connectivity index (χ0v) is 7.92. The molecule has 68 valence electrons. The van der Waals surface area contributed by atoms with Crippen molar-refractivity contribution in [2.24, 2.45) is 0 Å². The Morgan fingerprint density at radius 3 is 2.92 bits per heavy atom. The van der Waals surface area contributed by atoms with Gasteiger partial charge in [-0.2, -0.15) is 5.26 Å². The summed E-state index contributed by atoms with van der Waals surface area (Å²) < 4.78 is 0. The molecule has 0 aliphatic rings. The van der Waals surface area contributed by atoms with Gasteiger partial charge in [-0.15, -0.1) is 22.0 Å². The number of anilines is 1. The lowest BCUT2D eigenvalue weighted by Crippen LogP contribution is -1.93. The SMILES string of the molecule is N#CCCCSc1ccc(N)nn1. The number of hydrogen-bond acceptors (Lipinski definition) is 5. The first-order valence-corrected chi connectivity index (χ1v) is 4.90. The summed E-state index contributed by atoms with van der Waals surface area (Å²) in [5, 5.41) is 16.8. The Morgan fingerprint density at radius 2 is 2.31 bits per heavy atom. The Bertz CT molecular complexity index is 290. The minimum atomic E-state index is 0.432. The first-order chi connectivity index (χ1) is 6.33. The number of aromatic nitrogens is 2. The largest absolute Gasteiger partial charge is 0.382 e. The number of thioether (sulfide) groups is 1. The summed E-state index contributed by atoms with van der Waals surface area (Å²) in [6.45, 7) is 0. The number of nitrogens with zero attached hydrogens (tertiary/aromatic N) is 3. The third-order valence-corrected chi connectivity index (χ3v) is 2.35. The van der Waals surface area contributed by atoms with E-state index in [4.69, 9.17) is 11.0 Å². The van der Waals surface area contributed by atoms with Gasteiger partial charge in [0.15, 0.2) is 0 Å². The fourth-order valence-electron chi connectivity index (χ4n) is 0.735. The van der Waals surface area contributed by atoms with E-state index in [0.29, 0.717) is 12.2 Å². The summed E-state index contributed by atoms with van der Waals surface area (Å²) in [5.41, 5.74) is 5.38. The minimum absolute atomic E-state index is 0.432. The summed E-state index contributed by atoms with van der Waals surface area (Å²) >= 11 is 1.59. The van der Waals surface area contributed by atoms with Gasteiger partial charge < -0.3 is 5.73 Å². The van der Waals surface area contributed by atoms with Crippen LogP contribution in [0.5, 0.6) is 0 Å². The fraction of sp³-hybridized carbons (Fsp3) is 0.375. The Balaban J connectivity index is 2.30. The van der Waals surface area contributed by atoms with E-state index >= 15 is 0 Å². The second-order valence-corrected chi connectivity index (χ2v) is 3.52. The monoisotopic (exact) mass is 194 g/mol. The molecule has 1 heterocycles. The zero-order chi connectivity index (χ0) is 9.52. The number of nitrogens with two attached hydrogens (primary N) is 1. The highest BCUT2D eigenvalue weighted by atomic mass is 32.2. The highest BCUT2D eigenvalue weighted by molar-refractivity contribution is 7.99. The van der Waals surface area contributed by atoms with Crippen molar-refractivity contribution in [2.45, 2.75) is 17.9 Å². The molecule has 0 radical (unpaired) electrons. The predicted molar refractivity (Wildman–Crippen MR) is 52.0 cm³/mol. The molecular weight excluding hydrogens is 184 g/mol. The van der Waals surface area contributed by atoms with E-state index in [0.717, 1.165) is 17.2 Å².